The molecule has 4 rings (SSSR count). The Bertz CT molecular complexity index is 685. The van der Waals surface area contributed by atoms with Crippen molar-refractivity contribution < 1.29 is 4.74 Å². The quantitative estimate of drug-likeness (QED) is 0.790. The normalized spacial score (nSPS) is 22.0. The van der Waals surface area contributed by atoms with Crippen molar-refractivity contribution >= 4 is 0 Å². The van der Waals surface area contributed by atoms with Crippen LogP contribution in [0.15, 0.2) is 12.3 Å². The molecule has 1 saturated carbocycles. The summed E-state index contributed by atoms with van der Waals surface area (Å²) in [6, 6.07) is 2.55. The molecule has 1 unspecified atom stereocenters. The van der Waals surface area contributed by atoms with Gasteiger partial charge in [0.15, 0.2) is 11.6 Å². The van der Waals surface area contributed by atoms with Gasteiger partial charge in [-0.25, -0.2) is 14.6 Å². The zero-order valence-electron chi connectivity index (χ0n) is 14.0. The predicted molar refractivity (Wildman–Crippen MR) is 86.1 cm³/mol. The molecule has 1 aliphatic carbocycles. The maximum Gasteiger partial charge on any atom is 0.165 e. The molecular formula is C16H23N7O. The molecule has 128 valence electrons. The lowest BCUT2D eigenvalue weighted by Crippen LogP contribution is -2.35. The van der Waals surface area contributed by atoms with Crippen LogP contribution in [0.2, 0.25) is 0 Å². The molecular weight excluding hydrogens is 306 g/mol. The molecule has 8 heteroatoms. The summed E-state index contributed by atoms with van der Waals surface area (Å²) in [7, 11) is 1.67. The van der Waals surface area contributed by atoms with Gasteiger partial charge in [-0.3, -0.25) is 4.90 Å². The van der Waals surface area contributed by atoms with Crippen molar-refractivity contribution in [2.24, 2.45) is 0 Å². The lowest BCUT2D eigenvalue weighted by atomic mass is 9.94. The van der Waals surface area contributed by atoms with E-state index in [-0.39, 0.29) is 0 Å². The highest BCUT2D eigenvalue weighted by Crippen LogP contribution is 2.35. The molecule has 1 saturated heterocycles. The summed E-state index contributed by atoms with van der Waals surface area (Å²) in [5.41, 5.74) is 1.11. The number of hydrogen-bond acceptors (Lipinski definition) is 7. The molecule has 2 fully saturated rings. The molecule has 0 bridgehead atoms. The van der Waals surface area contributed by atoms with Crippen LogP contribution in [-0.4, -0.2) is 55.3 Å². The molecule has 1 atom stereocenters. The van der Waals surface area contributed by atoms with Gasteiger partial charge >= 0.3 is 0 Å². The van der Waals surface area contributed by atoms with Crippen molar-refractivity contribution in [3.63, 3.8) is 0 Å². The highest BCUT2D eigenvalue weighted by molar-refractivity contribution is 5.10. The fraction of sp³-hybridized carbons (Fsp3) is 0.688. The molecule has 2 aromatic rings. The smallest absolute Gasteiger partial charge is 0.165 e. The predicted octanol–water partition coefficient (Wildman–Crippen LogP) is 1.32. The SMILES string of the molecule is COCc1nccc(C2CCCN(Cc3nnnn3C3CC3)C2)n1. The zero-order chi connectivity index (χ0) is 16.4. The van der Waals surface area contributed by atoms with Crippen LogP contribution in [-0.2, 0) is 17.9 Å². The van der Waals surface area contributed by atoms with Gasteiger partial charge in [-0.15, -0.1) is 5.10 Å². The lowest BCUT2D eigenvalue weighted by molar-refractivity contribution is 0.175. The summed E-state index contributed by atoms with van der Waals surface area (Å²) in [5.74, 6) is 2.17. The maximum atomic E-state index is 5.14. The van der Waals surface area contributed by atoms with Crippen molar-refractivity contribution in [1.82, 2.24) is 35.1 Å². The highest BCUT2D eigenvalue weighted by atomic mass is 16.5. The van der Waals surface area contributed by atoms with Gasteiger partial charge in [0.25, 0.3) is 0 Å². The average Bonchev–Trinajstić information content (AvgIpc) is 3.35. The first kappa shape index (κ1) is 15.6. The van der Waals surface area contributed by atoms with Crippen LogP contribution in [0.25, 0.3) is 0 Å². The Morgan fingerprint density at radius 2 is 2.21 bits per heavy atom. The van der Waals surface area contributed by atoms with Gasteiger partial charge in [-0.05, 0) is 48.7 Å². The third-order valence-electron chi connectivity index (χ3n) is 4.74. The van der Waals surface area contributed by atoms with Crippen molar-refractivity contribution in [1.29, 1.82) is 0 Å². The minimum Gasteiger partial charge on any atom is -0.377 e. The third kappa shape index (κ3) is 3.44. The number of hydrogen-bond donors (Lipinski definition) is 0. The molecule has 0 radical (unpaired) electrons. The Hall–Kier alpha value is -1.93. The number of likely N-dealkylation sites (tertiary alicyclic amines) is 1. The third-order valence-corrected chi connectivity index (χ3v) is 4.74. The second kappa shape index (κ2) is 6.90. The van der Waals surface area contributed by atoms with E-state index in [0.29, 0.717) is 18.6 Å². The largest absolute Gasteiger partial charge is 0.377 e. The highest BCUT2D eigenvalue weighted by Gasteiger charge is 2.29. The van der Waals surface area contributed by atoms with Crippen LogP contribution >= 0.6 is 0 Å². The van der Waals surface area contributed by atoms with E-state index in [1.807, 2.05) is 16.9 Å². The van der Waals surface area contributed by atoms with E-state index in [2.05, 4.69) is 30.4 Å². The molecule has 1 aliphatic heterocycles. The number of rotatable bonds is 6. The first-order chi connectivity index (χ1) is 11.8. The fourth-order valence-electron chi connectivity index (χ4n) is 3.40. The van der Waals surface area contributed by atoms with Crippen LogP contribution in [0.3, 0.4) is 0 Å². The van der Waals surface area contributed by atoms with Gasteiger partial charge in [0.2, 0.25) is 0 Å². The monoisotopic (exact) mass is 329 g/mol. The van der Waals surface area contributed by atoms with Gasteiger partial charge in [0.05, 0.1) is 12.6 Å². The van der Waals surface area contributed by atoms with Gasteiger partial charge < -0.3 is 4.74 Å². The standard InChI is InChI=1S/C16H23N7O/c1-24-11-15-17-7-6-14(18-15)12-3-2-8-22(9-12)10-16-19-20-21-23(16)13-4-5-13/h6-7,12-13H,2-5,8-11H2,1H3. The molecule has 24 heavy (non-hydrogen) atoms. The molecule has 2 aromatic heterocycles. The van der Waals surface area contributed by atoms with Gasteiger partial charge in [-0.2, -0.15) is 0 Å². The number of ether oxygens (including phenoxy) is 1. The van der Waals surface area contributed by atoms with Crippen LogP contribution in [0, 0.1) is 0 Å². The van der Waals surface area contributed by atoms with E-state index in [1.165, 1.54) is 19.3 Å². The molecule has 0 N–H and O–H groups in total. The van der Waals surface area contributed by atoms with Crippen LogP contribution in [0.4, 0.5) is 0 Å². The minimum absolute atomic E-state index is 0.433. The molecule has 0 aromatic carbocycles. The fourth-order valence-corrected chi connectivity index (χ4v) is 3.40. The van der Waals surface area contributed by atoms with E-state index in [0.717, 1.165) is 43.4 Å². The van der Waals surface area contributed by atoms with Crippen LogP contribution < -0.4 is 0 Å². The number of piperidine rings is 1. The van der Waals surface area contributed by atoms with E-state index in [1.54, 1.807) is 7.11 Å². The van der Waals surface area contributed by atoms with Crippen LogP contribution in [0.1, 0.15) is 55.0 Å². The molecule has 0 amide bonds. The van der Waals surface area contributed by atoms with E-state index >= 15 is 0 Å². The Morgan fingerprint density at radius 3 is 3.04 bits per heavy atom. The second-order valence-corrected chi connectivity index (χ2v) is 6.68. The van der Waals surface area contributed by atoms with Crippen molar-refractivity contribution in [2.75, 3.05) is 20.2 Å². The molecule has 0 spiro atoms. The Morgan fingerprint density at radius 1 is 1.29 bits per heavy atom. The van der Waals surface area contributed by atoms with E-state index < -0.39 is 0 Å². The number of aromatic nitrogens is 6. The summed E-state index contributed by atoms with van der Waals surface area (Å²) >= 11 is 0. The van der Waals surface area contributed by atoms with E-state index in [4.69, 9.17) is 4.74 Å². The summed E-state index contributed by atoms with van der Waals surface area (Å²) < 4.78 is 7.15. The van der Waals surface area contributed by atoms with E-state index in [9.17, 15) is 0 Å². The second-order valence-electron chi connectivity index (χ2n) is 6.68. The summed E-state index contributed by atoms with van der Waals surface area (Å²) in [4.78, 5) is 11.4. The van der Waals surface area contributed by atoms with Gasteiger partial charge in [0, 0.05) is 31.5 Å². The number of methoxy groups -OCH3 is 1. The van der Waals surface area contributed by atoms with Crippen molar-refractivity contribution in [3.8, 4) is 0 Å². The zero-order valence-corrected chi connectivity index (χ0v) is 14.0. The van der Waals surface area contributed by atoms with Crippen molar-refractivity contribution in [3.05, 3.63) is 29.6 Å². The molecule has 2 aliphatic rings. The Kier molecular flexibility index (Phi) is 4.48. The minimum atomic E-state index is 0.433. The first-order valence-electron chi connectivity index (χ1n) is 8.63. The summed E-state index contributed by atoms with van der Waals surface area (Å²) in [6.45, 7) is 3.35. The summed E-state index contributed by atoms with van der Waals surface area (Å²) in [6.07, 6.45) is 6.56. The Balaban J connectivity index is 1.43. The van der Waals surface area contributed by atoms with Crippen molar-refractivity contribution in [2.45, 2.75) is 50.8 Å². The number of nitrogens with zero attached hydrogens (tertiary/aromatic N) is 7. The Labute approximate surface area is 141 Å². The summed E-state index contributed by atoms with van der Waals surface area (Å²) in [5, 5.41) is 12.2. The first-order valence-corrected chi connectivity index (χ1v) is 8.63. The average molecular weight is 329 g/mol. The van der Waals surface area contributed by atoms with Gasteiger partial charge in [-0.1, -0.05) is 0 Å². The maximum absolute atomic E-state index is 5.14. The molecule has 8 nitrogen and oxygen atoms in total. The number of tetrazole rings is 1. The van der Waals surface area contributed by atoms with Crippen LogP contribution in [0.5, 0.6) is 0 Å². The van der Waals surface area contributed by atoms with Gasteiger partial charge in [0.1, 0.15) is 6.61 Å². The topological polar surface area (TPSA) is 81.9 Å². The lowest BCUT2D eigenvalue weighted by Gasteiger charge is -2.32. The molecule has 3 heterocycles.